The molecule has 1 aromatic rings. The van der Waals surface area contributed by atoms with Crippen LogP contribution in [0.25, 0.3) is 0 Å². The van der Waals surface area contributed by atoms with Crippen molar-refractivity contribution < 1.29 is 28.2 Å². The number of carbonyl (C=O) groups excluding carboxylic acids is 2. The predicted octanol–water partition coefficient (Wildman–Crippen LogP) is 3.22. The van der Waals surface area contributed by atoms with Gasteiger partial charge in [-0.3, -0.25) is 4.79 Å². The Morgan fingerprint density at radius 3 is 2.40 bits per heavy atom. The highest BCUT2D eigenvalue weighted by Gasteiger charge is 2.18. The molecule has 1 rings (SSSR count). The fourth-order valence-corrected chi connectivity index (χ4v) is 1.29. The van der Waals surface area contributed by atoms with Gasteiger partial charge in [-0.2, -0.15) is 0 Å². The highest BCUT2D eigenvalue weighted by Crippen LogP contribution is 2.19. The first-order chi connectivity index (χ1) is 9.43. The van der Waals surface area contributed by atoms with E-state index in [1.165, 1.54) is 19.1 Å². The summed E-state index contributed by atoms with van der Waals surface area (Å²) in [7, 11) is 0. The van der Waals surface area contributed by atoms with E-state index in [0.29, 0.717) is 0 Å². The summed E-state index contributed by atoms with van der Waals surface area (Å²) in [5.41, 5.74) is 0.233. The average molecular weight is 284 g/mol. The maximum Gasteiger partial charge on any atom is 0.516 e. The first-order valence-electron chi connectivity index (χ1n) is 6.17. The van der Waals surface area contributed by atoms with E-state index < -0.39 is 25.1 Å². The molecule has 0 N–H and O–H groups in total. The monoisotopic (exact) mass is 284 g/mol. The van der Waals surface area contributed by atoms with Crippen molar-refractivity contribution in [3.63, 3.8) is 0 Å². The van der Waals surface area contributed by atoms with Crippen molar-refractivity contribution >= 4 is 12.1 Å². The van der Waals surface area contributed by atoms with Crippen molar-refractivity contribution in [1.82, 2.24) is 0 Å². The zero-order chi connectivity index (χ0) is 15.1. The van der Waals surface area contributed by atoms with Crippen LogP contribution in [-0.4, -0.2) is 18.4 Å². The molecule has 6 heteroatoms. The van der Waals surface area contributed by atoms with Crippen LogP contribution < -0.4 is 4.74 Å². The minimum absolute atomic E-state index is 0.0717. The van der Waals surface area contributed by atoms with E-state index in [1.54, 1.807) is 26.0 Å². The van der Waals surface area contributed by atoms with Crippen LogP contribution >= 0.6 is 0 Å². The molecule has 1 atom stereocenters. The molecule has 0 radical (unpaired) electrons. The number of esters is 1. The Kier molecular flexibility index (Phi) is 5.96. The van der Waals surface area contributed by atoms with Crippen molar-refractivity contribution in [2.45, 2.75) is 33.7 Å². The Bertz CT molecular complexity index is 472. The van der Waals surface area contributed by atoms with E-state index in [4.69, 9.17) is 14.2 Å². The lowest BCUT2D eigenvalue weighted by atomic mass is 10.2. The minimum Gasteiger partial charge on any atom is -0.425 e. The van der Waals surface area contributed by atoms with Crippen molar-refractivity contribution in [3.05, 3.63) is 29.8 Å². The number of hydrogen-bond acceptors (Lipinski definition) is 5. The van der Waals surface area contributed by atoms with Crippen LogP contribution in [0.2, 0.25) is 0 Å². The van der Waals surface area contributed by atoms with Gasteiger partial charge in [-0.15, -0.1) is 0 Å². The maximum absolute atomic E-state index is 12.7. The van der Waals surface area contributed by atoms with Gasteiger partial charge in [0.1, 0.15) is 12.4 Å². The lowest BCUT2D eigenvalue weighted by Crippen LogP contribution is -2.25. The molecule has 110 valence electrons. The molecule has 1 aromatic carbocycles. The Morgan fingerprint density at radius 1 is 1.15 bits per heavy atom. The van der Waals surface area contributed by atoms with Gasteiger partial charge in [0.15, 0.2) is 0 Å². The van der Waals surface area contributed by atoms with Crippen LogP contribution in [0.1, 0.15) is 26.3 Å². The molecule has 0 heterocycles. The second-order valence-corrected chi connectivity index (χ2v) is 4.37. The van der Waals surface area contributed by atoms with Crippen molar-refractivity contribution in [1.29, 1.82) is 0 Å². The molecule has 0 aliphatic heterocycles. The van der Waals surface area contributed by atoms with E-state index in [0.717, 1.165) is 0 Å². The third kappa shape index (κ3) is 4.87. The van der Waals surface area contributed by atoms with Crippen LogP contribution in [0.4, 0.5) is 9.18 Å². The topological polar surface area (TPSA) is 61.8 Å². The molecule has 0 spiro atoms. The molecule has 0 aromatic heterocycles. The summed E-state index contributed by atoms with van der Waals surface area (Å²) in [6.45, 7) is 3.94. The Labute approximate surface area is 116 Å². The first-order valence-corrected chi connectivity index (χ1v) is 6.17. The number of hydrogen-bond donors (Lipinski definition) is 0. The molecule has 5 nitrogen and oxygen atoms in total. The van der Waals surface area contributed by atoms with Gasteiger partial charge in [-0.1, -0.05) is 32.0 Å². The average Bonchev–Trinajstić information content (AvgIpc) is 2.38. The summed E-state index contributed by atoms with van der Waals surface area (Å²) in [6, 6.07) is 6.16. The standard InChI is InChI=1S/C14H17FO5/c1-9(2)13(16)18-10(3)19-14(17)20-12-7-5-4-6-11(12)8-15/h4-7,9-10H,8H2,1-3H3. The van der Waals surface area contributed by atoms with Crippen LogP contribution in [-0.2, 0) is 20.9 Å². The number of carbonyl (C=O) groups is 2. The smallest absolute Gasteiger partial charge is 0.425 e. The molecular weight excluding hydrogens is 267 g/mol. The van der Waals surface area contributed by atoms with Gasteiger partial charge in [-0.05, 0) is 6.07 Å². The molecule has 0 saturated heterocycles. The van der Waals surface area contributed by atoms with Gasteiger partial charge in [0.25, 0.3) is 0 Å². The first kappa shape index (κ1) is 15.9. The molecular formula is C14H17FO5. The number of halogens is 1. The highest BCUT2D eigenvalue weighted by atomic mass is 19.1. The fourth-order valence-electron chi connectivity index (χ4n) is 1.29. The molecule has 0 aliphatic carbocycles. The van der Waals surface area contributed by atoms with Crippen LogP contribution in [0.3, 0.4) is 0 Å². The number of benzene rings is 1. The second kappa shape index (κ2) is 7.47. The summed E-state index contributed by atoms with van der Waals surface area (Å²) >= 11 is 0. The number of rotatable bonds is 5. The number of ether oxygens (including phenoxy) is 3. The van der Waals surface area contributed by atoms with Gasteiger partial charge >= 0.3 is 12.1 Å². The Balaban J connectivity index is 2.53. The summed E-state index contributed by atoms with van der Waals surface area (Å²) in [6.07, 6.45) is -2.13. The molecule has 0 aliphatic rings. The van der Waals surface area contributed by atoms with Gasteiger partial charge < -0.3 is 14.2 Å². The lowest BCUT2D eigenvalue weighted by Gasteiger charge is -2.15. The summed E-state index contributed by atoms with van der Waals surface area (Å²) in [5, 5.41) is 0. The van der Waals surface area contributed by atoms with Crippen LogP contribution in [0.15, 0.2) is 24.3 Å². The quantitative estimate of drug-likeness (QED) is 0.472. The number of para-hydroxylation sites is 1. The van der Waals surface area contributed by atoms with E-state index in [1.807, 2.05) is 0 Å². The van der Waals surface area contributed by atoms with Crippen molar-refractivity contribution in [3.8, 4) is 5.75 Å². The van der Waals surface area contributed by atoms with Gasteiger partial charge in [0.2, 0.25) is 6.29 Å². The normalized spacial score (nSPS) is 11.8. The molecule has 0 fully saturated rings. The van der Waals surface area contributed by atoms with Gasteiger partial charge in [0, 0.05) is 12.5 Å². The van der Waals surface area contributed by atoms with Gasteiger partial charge in [0.05, 0.1) is 5.92 Å². The van der Waals surface area contributed by atoms with E-state index >= 15 is 0 Å². The molecule has 0 amide bonds. The fraction of sp³-hybridized carbons (Fsp3) is 0.429. The summed E-state index contributed by atoms with van der Waals surface area (Å²) in [5.74, 6) is -0.749. The van der Waals surface area contributed by atoms with Crippen LogP contribution in [0.5, 0.6) is 5.75 Å². The highest BCUT2D eigenvalue weighted by molar-refractivity contribution is 5.72. The lowest BCUT2D eigenvalue weighted by molar-refractivity contribution is -0.170. The van der Waals surface area contributed by atoms with E-state index in [9.17, 15) is 14.0 Å². The summed E-state index contributed by atoms with van der Waals surface area (Å²) in [4.78, 5) is 22.8. The zero-order valence-electron chi connectivity index (χ0n) is 11.6. The third-order valence-electron chi connectivity index (χ3n) is 2.33. The van der Waals surface area contributed by atoms with Crippen molar-refractivity contribution in [2.75, 3.05) is 0 Å². The zero-order valence-corrected chi connectivity index (χ0v) is 11.6. The van der Waals surface area contributed by atoms with E-state index in [-0.39, 0.29) is 17.2 Å². The van der Waals surface area contributed by atoms with Crippen LogP contribution in [0, 0.1) is 5.92 Å². The number of alkyl halides is 1. The second-order valence-electron chi connectivity index (χ2n) is 4.37. The third-order valence-corrected chi connectivity index (χ3v) is 2.33. The largest absolute Gasteiger partial charge is 0.516 e. The summed E-state index contributed by atoms with van der Waals surface area (Å²) < 4.78 is 27.1. The van der Waals surface area contributed by atoms with Crippen molar-refractivity contribution in [2.24, 2.45) is 5.92 Å². The minimum atomic E-state index is -1.07. The Morgan fingerprint density at radius 2 is 1.80 bits per heavy atom. The van der Waals surface area contributed by atoms with E-state index in [2.05, 4.69) is 0 Å². The van der Waals surface area contributed by atoms with Gasteiger partial charge in [-0.25, -0.2) is 9.18 Å². The molecule has 0 saturated carbocycles. The SMILES string of the molecule is CC(OC(=O)Oc1ccccc1CF)OC(=O)C(C)C. The predicted molar refractivity (Wildman–Crippen MR) is 68.8 cm³/mol. The molecule has 20 heavy (non-hydrogen) atoms. The molecule has 1 unspecified atom stereocenters. The Hall–Kier alpha value is -2.11. The maximum atomic E-state index is 12.7. The molecule has 0 bridgehead atoms.